The Morgan fingerprint density at radius 1 is 1.28 bits per heavy atom. The first-order valence-corrected chi connectivity index (χ1v) is 6.38. The summed E-state index contributed by atoms with van der Waals surface area (Å²) < 4.78 is 9.06. The molecule has 0 fully saturated rings. The normalized spacial score (nSPS) is 11.3. The van der Waals surface area contributed by atoms with Crippen molar-refractivity contribution >= 4 is 22.4 Å². The second kappa shape index (κ2) is 4.89. The fraction of sp³-hybridized carbons (Fsp3) is 0.417. The Bertz CT molecular complexity index is 519. The van der Waals surface area contributed by atoms with Gasteiger partial charge in [0, 0.05) is 11.5 Å². The van der Waals surface area contributed by atoms with Gasteiger partial charge in [-0.2, -0.15) is 0 Å². The van der Waals surface area contributed by atoms with Gasteiger partial charge in [-0.1, -0.05) is 36.4 Å². The van der Waals surface area contributed by atoms with E-state index in [-0.39, 0.29) is 5.41 Å². The predicted molar refractivity (Wildman–Crippen MR) is 72.7 cm³/mol. The van der Waals surface area contributed by atoms with Crippen LogP contribution < -0.4 is 10.1 Å². The maximum absolute atomic E-state index is 5.34. The molecule has 0 atom stereocenters. The first kappa shape index (κ1) is 12.8. The summed E-state index contributed by atoms with van der Waals surface area (Å²) in [6.45, 7) is 6.52. The minimum absolute atomic E-state index is 0.0854. The first-order chi connectivity index (χ1) is 8.50. The summed E-state index contributed by atoms with van der Waals surface area (Å²) in [6.07, 6.45) is 0. The summed E-state index contributed by atoms with van der Waals surface area (Å²) >= 11 is 1.21. The van der Waals surface area contributed by atoms with Crippen molar-refractivity contribution < 1.29 is 4.74 Å². The van der Waals surface area contributed by atoms with Crippen LogP contribution in [0.4, 0.5) is 10.8 Å². The summed E-state index contributed by atoms with van der Waals surface area (Å²) in [7, 11) is 1.65. The second-order valence-electron chi connectivity index (χ2n) is 4.96. The highest BCUT2D eigenvalue weighted by atomic mass is 32.1. The maximum Gasteiger partial charge on any atom is 0.229 e. The quantitative estimate of drug-likeness (QED) is 0.923. The van der Waals surface area contributed by atoms with E-state index < -0.39 is 0 Å². The summed E-state index contributed by atoms with van der Waals surface area (Å²) in [5.74, 6) is 0.776. The van der Waals surface area contributed by atoms with E-state index in [0.29, 0.717) is 5.13 Å². The molecule has 1 aromatic carbocycles. The number of ether oxygens (including phenoxy) is 1. The van der Waals surface area contributed by atoms with Crippen LogP contribution in [-0.4, -0.2) is 21.9 Å². The van der Waals surface area contributed by atoms with Crippen LogP contribution in [0, 0.1) is 0 Å². The van der Waals surface area contributed by atoms with E-state index in [1.165, 1.54) is 17.1 Å². The Morgan fingerprint density at radius 3 is 2.61 bits per heavy atom. The Hall–Kier alpha value is -1.69. The van der Waals surface area contributed by atoms with Gasteiger partial charge in [-0.25, -0.2) is 0 Å². The third kappa shape index (κ3) is 2.76. The lowest BCUT2D eigenvalue weighted by Gasteiger charge is -2.21. The lowest BCUT2D eigenvalue weighted by molar-refractivity contribution is 0.416. The maximum atomic E-state index is 5.34. The summed E-state index contributed by atoms with van der Waals surface area (Å²) in [5.41, 5.74) is 2.19. The van der Waals surface area contributed by atoms with Gasteiger partial charge in [-0.3, -0.25) is 0 Å². The van der Waals surface area contributed by atoms with Crippen LogP contribution >= 0.6 is 11.5 Å². The van der Waals surface area contributed by atoms with Crippen LogP contribution in [-0.2, 0) is 5.41 Å². The molecular formula is C12H16N4OS. The SMILES string of the molecule is COc1ccc(C(C)(C)C)cc1Nc1nnns1. The van der Waals surface area contributed by atoms with Gasteiger partial charge in [-0.15, -0.1) is 0 Å². The third-order valence-corrected chi connectivity index (χ3v) is 3.12. The molecule has 0 amide bonds. The highest BCUT2D eigenvalue weighted by Gasteiger charge is 2.16. The van der Waals surface area contributed by atoms with Gasteiger partial charge in [0.1, 0.15) is 5.75 Å². The van der Waals surface area contributed by atoms with Crippen LogP contribution in [0.25, 0.3) is 0 Å². The molecule has 0 bridgehead atoms. The summed E-state index contributed by atoms with van der Waals surface area (Å²) in [5, 5.41) is 11.3. The molecule has 0 aliphatic heterocycles. The van der Waals surface area contributed by atoms with Crippen molar-refractivity contribution in [3.8, 4) is 5.75 Å². The molecule has 0 unspecified atom stereocenters. The molecule has 2 aromatic rings. The van der Waals surface area contributed by atoms with Crippen LogP contribution in [0.1, 0.15) is 26.3 Å². The van der Waals surface area contributed by atoms with Crippen molar-refractivity contribution in [3.63, 3.8) is 0 Å². The molecule has 0 saturated carbocycles. The van der Waals surface area contributed by atoms with Crippen molar-refractivity contribution in [2.75, 3.05) is 12.4 Å². The molecule has 0 saturated heterocycles. The number of aromatic nitrogens is 3. The topological polar surface area (TPSA) is 59.9 Å². The molecule has 0 spiro atoms. The Morgan fingerprint density at radius 2 is 2.06 bits per heavy atom. The number of hydrogen-bond acceptors (Lipinski definition) is 6. The van der Waals surface area contributed by atoms with Gasteiger partial charge >= 0.3 is 0 Å². The van der Waals surface area contributed by atoms with Crippen LogP contribution in [0.5, 0.6) is 5.75 Å². The number of anilines is 2. The molecule has 1 aromatic heterocycles. The molecular weight excluding hydrogens is 248 g/mol. The van der Waals surface area contributed by atoms with E-state index in [2.05, 4.69) is 53.0 Å². The van der Waals surface area contributed by atoms with Gasteiger partial charge in [0.15, 0.2) is 0 Å². The van der Waals surface area contributed by atoms with Crippen molar-refractivity contribution in [3.05, 3.63) is 23.8 Å². The Balaban J connectivity index is 2.37. The minimum Gasteiger partial charge on any atom is -0.495 e. The predicted octanol–water partition coefficient (Wildman–Crippen LogP) is 2.98. The van der Waals surface area contributed by atoms with Gasteiger partial charge in [0.05, 0.1) is 12.8 Å². The monoisotopic (exact) mass is 264 g/mol. The molecule has 5 nitrogen and oxygen atoms in total. The smallest absolute Gasteiger partial charge is 0.229 e. The minimum atomic E-state index is 0.0854. The van der Waals surface area contributed by atoms with E-state index in [1.807, 2.05) is 6.07 Å². The highest BCUT2D eigenvalue weighted by Crippen LogP contribution is 2.33. The van der Waals surface area contributed by atoms with Crippen molar-refractivity contribution in [2.24, 2.45) is 0 Å². The van der Waals surface area contributed by atoms with Gasteiger partial charge in [0.25, 0.3) is 0 Å². The fourth-order valence-corrected chi connectivity index (χ4v) is 1.95. The molecule has 6 heteroatoms. The number of nitrogens with one attached hydrogen (secondary N) is 1. The third-order valence-electron chi connectivity index (χ3n) is 2.61. The molecule has 2 rings (SSSR count). The lowest BCUT2D eigenvalue weighted by atomic mass is 9.87. The van der Waals surface area contributed by atoms with Crippen LogP contribution in [0.3, 0.4) is 0 Å². The highest BCUT2D eigenvalue weighted by molar-refractivity contribution is 7.09. The van der Waals surface area contributed by atoms with E-state index in [1.54, 1.807) is 7.11 Å². The lowest BCUT2D eigenvalue weighted by Crippen LogP contribution is -2.11. The molecule has 96 valence electrons. The molecule has 0 radical (unpaired) electrons. The Kier molecular flexibility index (Phi) is 3.47. The van der Waals surface area contributed by atoms with E-state index in [4.69, 9.17) is 4.74 Å². The molecule has 1 heterocycles. The number of methoxy groups -OCH3 is 1. The van der Waals surface area contributed by atoms with E-state index in [0.717, 1.165) is 11.4 Å². The number of benzene rings is 1. The van der Waals surface area contributed by atoms with Gasteiger partial charge in [-0.05, 0) is 28.3 Å². The van der Waals surface area contributed by atoms with Gasteiger partial charge < -0.3 is 10.1 Å². The first-order valence-electron chi connectivity index (χ1n) is 5.61. The van der Waals surface area contributed by atoms with E-state index in [9.17, 15) is 0 Å². The zero-order valence-electron chi connectivity index (χ0n) is 10.9. The summed E-state index contributed by atoms with van der Waals surface area (Å²) in [4.78, 5) is 0. The average molecular weight is 264 g/mol. The standard InChI is InChI=1S/C12H16N4OS/c1-12(2,3)8-5-6-10(17-4)9(7-8)13-11-14-15-16-18-11/h5-7H,1-4H3,(H,13,14,16). The average Bonchev–Trinajstić information content (AvgIpc) is 2.80. The fourth-order valence-electron chi connectivity index (χ4n) is 1.57. The van der Waals surface area contributed by atoms with Crippen molar-refractivity contribution in [1.29, 1.82) is 0 Å². The van der Waals surface area contributed by atoms with Crippen LogP contribution in [0.15, 0.2) is 18.2 Å². The van der Waals surface area contributed by atoms with E-state index >= 15 is 0 Å². The van der Waals surface area contributed by atoms with Crippen LogP contribution in [0.2, 0.25) is 0 Å². The Labute approximate surface area is 110 Å². The molecule has 0 aliphatic carbocycles. The van der Waals surface area contributed by atoms with Crippen molar-refractivity contribution in [2.45, 2.75) is 26.2 Å². The number of rotatable bonds is 3. The van der Waals surface area contributed by atoms with Crippen molar-refractivity contribution in [1.82, 2.24) is 14.8 Å². The number of hydrogen-bond donors (Lipinski definition) is 1. The second-order valence-corrected chi connectivity index (χ2v) is 5.69. The zero-order chi connectivity index (χ0) is 13.2. The molecule has 1 N–H and O–H groups in total. The summed E-state index contributed by atoms with van der Waals surface area (Å²) in [6, 6.07) is 6.10. The zero-order valence-corrected chi connectivity index (χ0v) is 11.7. The molecule has 0 aliphatic rings. The largest absolute Gasteiger partial charge is 0.495 e. The number of nitrogens with zero attached hydrogens (tertiary/aromatic N) is 3. The van der Waals surface area contributed by atoms with Gasteiger partial charge in [0.2, 0.25) is 5.13 Å². The molecule has 18 heavy (non-hydrogen) atoms.